The molecule has 1 atom stereocenters. The number of aromatic nitrogens is 2. The number of nitrogens with one attached hydrogen (secondary N) is 2. The Bertz CT molecular complexity index is 371. The lowest BCUT2D eigenvalue weighted by Gasteiger charge is -2.17. The van der Waals surface area contributed by atoms with E-state index >= 15 is 0 Å². The summed E-state index contributed by atoms with van der Waals surface area (Å²) < 4.78 is 0. The first kappa shape index (κ1) is 13.4. The average Bonchev–Trinajstić information content (AvgIpc) is 2.79. The van der Waals surface area contributed by atoms with E-state index in [1.165, 1.54) is 0 Å². The Morgan fingerprint density at radius 2 is 2.18 bits per heavy atom. The molecule has 2 N–H and O–H groups in total. The second-order valence-electron chi connectivity index (χ2n) is 4.32. The number of amides is 1. The smallest absolute Gasteiger partial charge is 0.223 e. The largest absolute Gasteiger partial charge is 0.348 e. The molecule has 1 rings (SSSR count). The third-order valence-electron chi connectivity index (χ3n) is 2.56. The van der Waals surface area contributed by atoms with E-state index in [4.69, 9.17) is 0 Å². The lowest BCUT2D eigenvalue weighted by molar-refractivity contribution is -0.129. The van der Waals surface area contributed by atoms with Gasteiger partial charge in [-0.05, 0) is 0 Å². The Hall–Kier alpha value is -1.65. The minimum Gasteiger partial charge on any atom is -0.348 e. The first-order valence-electron chi connectivity index (χ1n) is 5.85. The van der Waals surface area contributed by atoms with Gasteiger partial charge in [0, 0.05) is 30.7 Å². The molecule has 0 aliphatic rings. The molecule has 5 nitrogen and oxygen atoms in total. The van der Waals surface area contributed by atoms with E-state index in [9.17, 15) is 9.59 Å². The number of H-pyrrole nitrogens is 1. The number of imidazole rings is 1. The van der Waals surface area contributed by atoms with Gasteiger partial charge in [0.1, 0.15) is 0 Å². The minimum absolute atomic E-state index is 0.0357. The second kappa shape index (κ2) is 6.18. The molecule has 0 aliphatic carbocycles. The standard InChI is InChI=1S/C12H19N3O2/c1-4-11(16)10(15-12(17)8(2)3)5-9-6-13-7-14-9/h6-8,10H,4-5H2,1-3H3,(H,13,14)(H,15,17). The Balaban J connectivity index is 2.67. The predicted octanol–water partition coefficient (Wildman–Crippen LogP) is 1.07. The highest BCUT2D eigenvalue weighted by Crippen LogP contribution is 2.03. The number of aromatic amines is 1. The Morgan fingerprint density at radius 3 is 2.65 bits per heavy atom. The molecule has 1 aromatic rings. The van der Waals surface area contributed by atoms with Gasteiger partial charge in [-0.2, -0.15) is 0 Å². The van der Waals surface area contributed by atoms with Gasteiger partial charge in [0.15, 0.2) is 5.78 Å². The van der Waals surface area contributed by atoms with E-state index in [1.54, 1.807) is 33.3 Å². The van der Waals surface area contributed by atoms with Crippen LogP contribution in [0, 0.1) is 5.92 Å². The Morgan fingerprint density at radius 1 is 1.47 bits per heavy atom. The first-order valence-corrected chi connectivity index (χ1v) is 5.85. The molecule has 1 amide bonds. The molecule has 0 saturated heterocycles. The van der Waals surface area contributed by atoms with Crippen LogP contribution in [-0.2, 0) is 16.0 Å². The monoisotopic (exact) mass is 237 g/mol. The molecule has 5 heteroatoms. The van der Waals surface area contributed by atoms with E-state index in [2.05, 4.69) is 15.3 Å². The zero-order chi connectivity index (χ0) is 12.8. The lowest BCUT2D eigenvalue weighted by Crippen LogP contribution is -2.43. The molecule has 94 valence electrons. The van der Waals surface area contributed by atoms with Gasteiger partial charge in [0.05, 0.1) is 12.4 Å². The fraction of sp³-hybridized carbons (Fsp3) is 0.583. The van der Waals surface area contributed by atoms with Crippen LogP contribution in [0.25, 0.3) is 0 Å². The van der Waals surface area contributed by atoms with Crippen molar-refractivity contribution in [3.63, 3.8) is 0 Å². The highest BCUT2D eigenvalue weighted by atomic mass is 16.2. The number of nitrogens with zero attached hydrogens (tertiary/aromatic N) is 1. The third kappa shape index (κ3) is 4.01. The topological polar surface area (TPSA) is 74.8 Å². The van der Waals surface area contributed by atoms with Crippen molar-refractivity contribution in [3.05, 3.63) is 18.2 Å². The van der Waals surface area contributed by atoms with Crippen LogP contribution in [0.5, 0.6) is 0 Å². The number of rotatable bonds is 6. The number of ketones is 1. The van der Waals surface area contributed by atoms with Crippen LogP contribution in [-0.4, -0.2) is 27.7 Å². The van der Waals surface area contributed by atoms with Crippen molar-refractivity contribution in [2.75, 3.05) is 0 Å². The van der Waals surface area contributed by atoms with E-state index in [1.807, 2.05) is 0 Å². The van der Waals surface area contributed by atoms with Gasteiger partial charge >= 0.3 is 0 Å². The van der Waals surface area contributed by atoms with Crippen LogP contribution in [0.3, 0.4) is 0 Å². The molecule has 0 bridgehead atoms. The maximum atomic E-state index is 11.7. The summed E-state index contributed by atoms with van der Waals surface area (Å²) in [5.41, 5.74) is 0.848. The van der Waals surface area contributed by atoms with Crippen molar-refractivity contribution >= 4 is 11.7 Å². The van der Waals surface area contributed by atoms with Gasteiger partial charge in [0.25, 0.3) is 0 Å². The molecule has 1 heterocycles. The van der Waals surface area contributed by atoms with Crippen molar-refractivity contribution in [2.45, 2.75) is 39.7 Å². The molecule has 1 unspecified atom stereocenters. The van der Waals surface area contributed by atoms with Gasteiger partial charge in [-0.25, -0.2) is 4.98 Å². The van der Waals surface area contributed by atoms with Crippen LogP contribution in [0.4, 0.5) is 0 Å². The summed E-state index contributed by atoms with van der Waals surface area (Å²) in [7, 11) is 0. The van der Waals surface area contributed by atoms with Crippen molar-refractivity contribution in [1.29, 1.82) is 0 Å². The van der Waals surface area contributed by atoms with Gasteiger partial charge < -0.3 is 10.3 Å². The Labute approximate surface area is 101 Å². The van der Waals surface area contributed by atoms with Crippen molar-refractivity contribution in [3.8, 4) is 0 Å². The fourth-order valence-electron chi connectivity index (χ4n) is 1.45. The number of carbonyl (C=O) groups is 2. The van der Waals surface area contributed by atoms with Crippen LogP contribution in [0.1, 0.15) is 32.9 Å². The Kier molecular flexibility index (Phi) is 4.87. The number of Topliss-reactive ketones (excluding diaryl/α,β-unsaturated/α-hetero) is 1. The third-order valence-corrected chi connectivity index (χ3v) is 2.56. The first-order chi connectivity index (χ1) is 8.04. The summed E-state index contributed by atoms with van der Waals surface area (Å²) in [5.74, 6) is -0.186. The normalized spacial score (nSPS) is 12.5. The van der Waals surface area contributed by atoms with E-state index < -0.39 is 6.04 Å². The highest BCUT2D eigenvalue weighted by molar-refractivity contribution is 5.89. The van der Waals surface area contributed by atoms with E-state index in [0.29, 0.717) is 12.8 Å². The molecule has 0 aliphatic heterocycles. The SMILES string of the molecule is CCC(=O)C(Cc1cnc[nH]1)NC(=O)C(C)C. The number of hydrogen-bond acceptors (Lipinski definition) is 3. The second-order valence-corrected chi connectivity index (χ2v) is 4.32. The van der Waals surface area contributed by atoms with Crippen LogP contribution < -0.4 is 5.32 Å². The summed E-state index contributed by atoms with van der Waals surface area (Å²) in [6.45, 7) is 5.40. The highest BCUT2D eigenvalue weighted by Gasteiger charge is 2.21. The maximum absolute atomic E-state index is 11.7. The van der Waals surface area contributed by atoms with Crippen LogP contribution >= 0.6 is 0 Å². The average molecular weight is 237 g/mol. The van der Waals surface area contributed by atoms with Crippen molar-refractivity contribution in [1.82, 2.24) is 15.3 Å². The van der Waals surface area contributed by atoms with Gasteiger partial charge in [-0.1, -0.05) is 20.8 Å². The van der Waals surface area contributed by atoms with Gasteiger partial charge in [-0.3, -0.25) is 9.59 Å². The number of hydrogen-bond donors (Lipinski definition) is 2. The van der Waals surface area contributed by atoms with E-state index in [-0.39, 0.29) is 17.6 Å². The predicted molar refractivity (Wildman–Crippen MR) is 64.4 cm³/mol. The van der Waals surface area contributed by atoms with Crippen LogP contribution in [0.2, 0.25) is 0 Å². The molecule has 0 radical (unpaired) electrons. The molecule has 0 aromatic carbocycles. The molecular weight excluding hydrogens is 218 g/mol. The van der Waals surface area contributed by atoms with Gasteiger partial charge in [0.2, 0.25) is 5.91 Å². The molecule has 0 fully saturated rings. The zero-order valence-corrected chi connectivity index (χ0v) is 10.5. The molecule has 1 aromatic heterocycles. The summed E-state index contributed by atoms with van der Waals surface area (Å²) in [5, 5.41) is 2.77. The summed E-state index contributed by atoms with van der Waals surface area (Å²) in [6, 6.07) is -0.463. The zero-order valence-electron chi connectivity index (χ0n) is 10.5. The molecule has 0 saturated carbocycles. The van der Waals surface area contributed by atoms with Gasteiger partial charge in [-0.15, -0.1) is 0 Å². The van der Waals surface area contributed by atoms with E-state index in [0.717, 1.165) is 5.69 Å². The lowest BCUT2D eigenvalue weighted by atomic mass is 10.0. The summed E-state index contributed by atoms with van der Waals surface area (Å²) in [6.07, 6.45) is 4.10. The summed E-state index contributed by atoms with van der Waals surface area (Å²) >= 11 is 0. The van der Waals surface area contributed by atoms with Crippen molar-refractivity contribution < 1.29 is 9.59 Å². The summed E-state index contributed by atoms with van der Waals surface area (Å²) in [4.78, 5) is 30.2. The minimum atomic E-state index is -0.463. The fourth-order valence-corrected chi connectivity index (χ4v) is 1.45. The van der Waals surface area contributed by atoms with Crippen LogP contribution in [0.15, 0.2) is 12.5 Å². The molecule has 0 spiro atoms. The maximum Gasteiger partial charge on any atom is 0.223 e. The molecular formula is C12H19N3O2. The quantitative estimate of drug-likeness (QED) is 0.777. The number of carbonyl (C=O) groups excluding carboxylic acids is 2. The van der Waals surface area contributed by atoms with Crippen molar-refractivity contribution in [2.24, 2.45) is 5.92 Å². The molecule has 17 heavy (non-hydrogen) atoms.